The number of methoxy groups -OCH3 is 1. The molecular weight excluding hydrogens is 496 g/mol. The summed E-state index contributed by atoms with van der Waals surface area (Å²) in [5.74, 6) is 0.616. The number of ether oxygens (including phenoxy) is 3. The Labute approximate surface area is 221 Å². The highest BCUT2D eigenvalue weighted by molar-refractivity contribution is 7.99. The molecule has 37 heavy (non-hydrogen) atoms. The zero-order valence-electron chi connectivity index (χ0n) is 21.8. The molecule has 0 saturated carbocycles. The Kier molecular flexibility index (Phi) is 9.90. The molecule has 2 aromatic rings. The van der Waals surface area contributed by atoms with E-state index in [1.54, 1.807) is 23.8 Å². The first-order chi connectivity index (χ1) is 17.7. The van der Waals surface area contributed by atoms with E-state index in [0.717, 1.165) is 15.5 Å². The number of para-hydroxylation sites is 1. The lowest BCUT2D eigenvalue weighted by molar-refractivity contribution is 0.112. The van der Waals surface area contributed by atoms with Gasteiger partial charge in [-0.2, -0.15) is 0 Å². The summed E-state index contributed by atoms with van der Waals surface area (Å²) in [6.45, 7) is 7.45. The summed E-state index contributed by atoms with van der Waals surface area (Å²) in [6.07, 6.45) is -1.13. The molecule has 1 heterocycles. The van der Waals surface area contributed by atoms with Gasteiger partial charge in [-0.05, 0) is 52.0 Å². The van der Waals surface area contributed by atoms with Gasteiger partial charge in [-0.1, -0.05) is 23.9 Å². The lowest BCUT2D eigenvalue weighted by Crippen LogP contribution is -2.46. The number of benzene rings is 2. The molecular formula is C26H34N4O6S. The number of carbonyl (C=O) groups is 3. The highest BCUT2D eigenvalue weighted by atomic mass is 32.2. The third-order valence-corrected chi connectivity index (χ3v) is 6.33. The van der Waals surface area contributed by atoms with Crippen LogP contribution in [0.25, 0.3) is 0 Å². The molecule has 0 radical (unpaired) electrons. The minimum atomic E-state index is -0.565. The fraction of sp³-hybridized carbons (Fsp3) is 0.423. The summed E-state index contributed by atoms with van der Waals surface area (Å²) in [6, 6.07) is 12.7. The zero-order valence-corrected chi connectivity index (χ0v) is 22.6. The van der Waals surface area contributed by atoms with E-state index < -0.39 is 12.2 Å². The van der Waals surface area contributed by atoms with Crippen LogP contribution in [0.2, 0.25) is 0 Å². The fourth-order valence-corrected chi connectivity index (χ4v) is 4.60. The smallest absolute Gasteiger partial charge is 0.407 e. The number of rotatable bonds is 9. The molecule has 200 valence electrons. The van der Waals surface area contributed by atoms with Gasteiger partial charge in [0.25, 0.3) is 0 Å². The summed E-state index contributed by atoms with van der Waals surface area (Å²) in [4.78, 5) is 42.9. The Hall–Kier alpha value is -3.60. The van der Waals surface area contributed by atoms with Gasteiger partial charge in [0.2, 0.25) is 0 Å². The molecule has 1 aliphatic heterocycles. The van der Waals surface area contributed by atoms with Crippen LogP contribution in [0.4, 0.5) is 25.8 Å². The van der Waals surface area contributed by atoms with Crippen LogP contribution >= 0.6 is 11.8 Å². The summed E-state index contributed by atoms with van der Waals surface area (Å²) in [7, 11) is 1.57. The monoisotopic (exact) mass is 530 g/mol. The van der Waals surface area contributed by atoms with Crippen molar-refractivity contribution in [2.45, 2.75) is 49.6 Å². The Bertz CT molecular complexity index is 1080. The number of amides is 4. The number of fused-ring (bicyclic) bond motifs is 2. The molecule has 2 aromatic carbocycles. The van der Waals surface area contributed by atoms with Crippen LogP contribution in [0.15, 0.2) is 52.3 Å². The summed E-state index contributed by atoms with van der Waals surface area (Å²) >= 11 is 1.57. The van der Waals surface area contributed by atoms with Crippen molar-refractivity contribution in [1.82, 2.24) is 15.5 Å². The highest BCUT2D eigenvalue weighted by Crippen LogP contribution is 2.49. The average molecular weight is 531 g/mol. The van der Waals surface area contributed by atoms with Crippen LogP contribution in [0.5, 0.6) is 5.75 Å². The molecule has 11 heteroatoms. The zero-order chi connectivity index (χ0) is 26.9. The largest absolute Gasteiger partial charge is 0.497 e. The van der Waals surface area contributed by atoms with E-state index in [-0.39, 0.29) is 44.4 Å². The van der Waals surface area contributed by atoms with E-state index in [1.807, 2.05) is 70.2 Å². The Morgan fingerprint density at radius 3 is 2.00 bits per heavy atom. The third kappa shape index (κ3) is 7.69. The third-order valence-electron chi connectivity index (χ3n) is 5.20. The molecule has 0 spiro atoms. The van der Waals surface area contributed by atoms with Crippen LogP contribution in [0.3, 0.4) is 0 Å². The molecule has 0 unspecified atom stereocenters. The van der Waals surface area contributed by atoms with Crippen molar-refractivity contribution in [3.63, 3.8) is 0 Å². The SMILES string of the molecule is COc1ccc2c(c1)N(C(=O)N(CCOC(=O)NC(C)C)CCOC(=O)NC(C)C)c1ccccc1S2. The first kappa shape index (κ1) is 28.0. The number of nitrogens with zero attached hydrogens (tertiary/aromatic N) is 2. The van der Waals surface area contributed by atoms with Crippen molar-refractivity contribution >= 4 is 41.4 Å². The number of alkyl carbamates (subject to hydrolysis) is 2. The maximum Gasteiger partial charge on any atom is 0.407 e. The Morgan fingerprint density at radius 2 is 1.43 bits per heavy atom. The Balaban J connectivity index is 1.85. The molecule has 3 rings (SSSR count). The molecule has 0 aromatic heterocycles. The van der Waals surface area contributed by atoms with Crippen LogP contribution < -0.4 is 20.3 Å². The topological polar surface area (TPSA) is 109 Å². The van der Waals surface area contributed by atoms with Crippen molar-refractivity contribution < 1.29 is 28.6 Å². The number of nitrogens with one attached hydrogen (secondary N) is 2. The van der Waals surface area contributed by atoms with Gasteiger partial charge in [0.15, 0.2) is 0 Å². The standard InChI is InChI=1S/C26H34N4O6S/c1-17(2)27-24(31)35-14-12-29(13-15-36-25(32)28-18(3)4)26(33)30-20-8-6-7-9-22(20)37-23-11-10-19(34-5)16-21(23)30/h6-11,16-18H,12-15H2,1-5H3,(H,27,31)(H,28,32). The van der Waals surface area contributed by atoms with Gasteiger partial charge in [0.1, 0.15) is 19.0 Å². The minimum absolute atomic E-state index is 0.0301. The normalized spacial score (nSPS) is 11.9. The second-order valence-electron chi connectivity index (χ2n) is 8.88. The van der Waals surface area contributed by atoms with Crippen molar-refractivity contribution in [2.75, 3.05) is 38.3 Å². The predicted octanol–water partition coefficient (Wildman–Crippen LogP) is 4.99. The number of urea groups is 1. The molecule has 0 fully saturated rings. The first-order valence-corrected chi connectivity index (χ1v) is 12.9. The van der Waals surface area contributed by atoms with Gasteiger partial charge in [0.05, 0.1) is 31.6 Å². The minimum Gasteiger partial charge on any atom is -0.497 e. The molecule has 0 atom stereocenters. The summed E-state index contributed by atoms with van der Waals surface area (Å²) in [5, 5.41) is 5.31. The maximum absolute atomic E-state index is 14.0. The van der Waals surface area contributed by atoms with Crippen molar-refractivity contribution in [2.24, 2.45) is 0 Å². The summed E-state index contributed by atoms with van der Waals surface area (Å²) < 4.78 is 16.0. The quantitative estimate of drug-likeness (QED) is 0.470. The number of anilines is 2. The molecule has 0 aliphatic carbocycles. The molecule has 4 amide bonds. The lowest BCUT2D eigenvalue weighted by atomic mass is 10.2. The Morgan fingerprint density at radius 1 is 0.865 bits per heavy atom. The van der Waals surface area contributed by atoms with Gasteiger partial charge in [0, 0.05) is 27.9 Å². The van der Waals surface area contributed by atoms with E-state index in [9.17, 15) is 14.4 Å². The van der Waals surface area contributed by atoms with Gasteiger partial charge in [-0.15, -0.1) is 0 Å². The van der Waals surface area contributed by atoms with Crippen molar-refractivity contribution in [1.29, 1.82) is 0 Å². The molecule has 1 aliphatic rings. The van der Waals surface area contributed by atoms with Crippen molar-refractivity contribution in [3.05, 3.63) is 42.5 Å². The van der Waals surface area contributed by atoms with Gasteiger partial charge in [-0.25, -0.2) is 14.4 Å². The maximum atomic E-state index is 14.0. The van der Waals surface area contributed by atoms with Gasteiger partial charge >= 0.3 is 18.2 Å². The van der Waals surface area contributed by atoms with Gasteiger partial charge < -0.3 is 29.7 Å². The average Bonchev–Trinajstić information content (AvgIpc) is 2.84. The number of carbonyl (C=O) groups excluding carboxylic acids is 3. The fourth-order valence-electron chi connectivity index (χ4n) is 3.56. The van der Waals surface area contributed by atoms with E-state index in [2.05, 4.69) is 10.6 Å². The molecule has 10 nitrogen and oxygen atoms in total. The lowest BCUT2D eigenvalue weighted by Gasteiger charge is -2.35. The number of hydrogen-bond donors (Lipinski definition) is 2. The second kappa shape index (κ2) is 13.1. The molecule has 0 saturated heterocycles. The molecule has 0 bridgehead atoms. The first-order valence-electron chi connectivity index (χ1n) is 12.1. The van der Waals surface area contributed by atoms with E-state index >= 15 is 0 Å². The molecule has 2 N–H and O–H groups in total. The highest BCUT2D eigenvalue weighted by Gasteiger charge is 2.32. The van der Waals surface area contributed by atoms with Crippen LogP contribution in [-0.2, 0) is 9.47 Å². The van der Waals surface area contributed by atoms with Crippen LogP contribution in [-0.4, -0.2) is 68.6 Å². The van der Waals surface area contributed by atoms with Crippen LogP contribution in [0.1, 0.15) is 27.7 Å². The predicted molar refractivity (Wildman–Crippen MR) is 142 cm³/mol. The van der Waals surface area contributed by atoms with Crippen LogP contribution in [0, 0.1) is 0 Å². The second-order valence-corrected chi connectivity index (χ2v) is 9.96. The van der Waals surface area contributed by atoms with E-state index in [1.165, 1.54) is 4.90 Å². The van der Waals surface area contributed by atoms with E-state index in [4.69, 9.17) is 14.2 Å². The van der Waals surface area contributed by atoms with Crippen molar-refractivity contribution in [3.8, 4) is 5.75 Å². The van der Waals surface area contributed by atoms with E-state index in [0.29, 0.717) is 11.4 Å². The van der Waals surface area contributed by atoms with Gasteiger partial charge in [-0.3, -0.25) is 4.90 Å². The number of hydrogen-bond acceptors (Lipinski definition) is 7. The summed E-state index contributed by atoms with van der Waals surface area (Å²) in [5.41, 5.74) is 1.40.